The molecule has 4 rings (SSSR count). The standard InChI is InChI=1S/C32H53N3O9/c1-11-23-32(7)29-19(5)25(33-12-13-35(29)31(39)44-32)18(4)27(40-10)20(6)28(17(3)22(36)15-24(37)42-23)43-30-26(38)21(34(8)9)14-16(2)41-30/h16-21,23,26-30,38H,11-15H2,1-10H3/t16-,17+,18+,19-,20-,21+,23+,26-,27+,28+,29?,30+,32-/m1/s1. The number of fused-ring (bicyclic) bond motifs is 1. The fourth-order valence-corrected chi connectivity index (χ4v) is 8.16. The SMILES string of the molecule is CC[C@@H]1OC(=O)CC(=O)[C@H](C)[C@H](O[C@@H]2O[C@H](C)C[C@H](N(C)C)[C@H]2O)[C@H](C)[C@@H](OC)[C@@H](C)C2=NCCN3C(=O)O[C@@]1(C)C3[C@@H]2C. The molecule has 0 saturated carbocycles. The first-order valence-electron chi connectivity index (χ1n) is 16.1. The van der Waals surface area contributed by atoms with Gasteiger partial charge in [0.1, 0.15) is 24.4 Å². The molecule has 0 aromatic rings. The van der Waals surface area contributed by atoms with Crippen molar-refractivity contribution in [2.75, 3.05) is 34.3 Å². The fourth-order valence-electron chi connectivity index (χ4n) is 8.16. The molecule has 250 valence electrons. The maximum absolute atomic E-state index is 13.7. The van der Waals surface area contributed by atoms with Crippen LogP contribution in [0.1, 0.15) is 67.7 Å². The molecule has 12 nitrogen and oxygen atoms in total. The summed E-state index contributed by atoms with van der Waals surface area (Å²) in [6.07, 6.45) is -4.00. The zero-order chi connectivity index (χ0) is 32.7. The smallest absolute Gasteiger partial charge is 0.410 e. The van der Waals surface area contributed by atoms with Gasteiger partial charge in [-0.1, -0.05) is 34.6 Å². The number of cyclic esters (lactones) is 1. The molecule has 0 aromatic heterocycles. The number of hydrogen-bond donors (Lipinski definition) is 1. The quantitative estimate of drug-likeness (QED) is 0.360. The summed E-state index contributed by atoms with van der Waals surface area (Å²) in [5, 5.41) is 11.3. The monoisotopic (exact) mass is 623 g/mol. The van der Waals surface area contributed by atoms with Gasteiger partial charge in [-0.2, -0.15) is 0 Å². The van der Waals surface area contributed by atoms with E-state index in [2.05, 4.69) is 0 Å². The van der Waals surface area contributed by atoms with Crippen molar-refractivity contribution in [2.45, 2.75) is 122 Å². The van der Waals surface area contributed by atoms with E-state index in [4.69, 9.17) is 28.7 Å². The van der Waals surface area contributed by atoms with E-state index in [9.17, 15) is 19.5 Å². The third kappa shape index (κ3) is 6.42. The fraction of sp³-hybridized carbons (Fsp3) is 0.875. The molecule has 4 aliphatic rings. The third-order valence-corrected chi connectivity index (χ3v) is 10.5. The number of ketones is 1. The predicted molar refractivity (Wildman–Crippen MR) is 162 cm³/mol. The number of amides is 1. The molecule has 4 aliphatic heterocycles. The van der Waals surface area contributed by atoms with E-state index in [1.807, 2.05) is 60.5 Å². The number of likely N-dealkylation sites (N-methyl/N-ethyl adjacent to an activating group) is 1. The summed E-state index contributed by atoms with van der Waals surface area (Å²) in [7, 11) is 5.44. The van der Waals surface area contributed by atoms with Crippen LogP contribution in [0, 0.1) is 23.7 Å². The Morgan fingerprint density at radius 3 is 2.36 bits per heavy atom. The first-order chi connectivity index (χ1) is 20.7. The van der Waals surface area contributed by atoms with Gasteiger partial charge in [0.05, 0.1) is 30.9 Å². The molecule has 12 heteroatoms. The Balaban J connectivity index is 1.77. The molecule has 3 fully saturated rings. The second-order valence-corrected chi connectivity index (χ2v) is 13.6. The largest absolute Gasteiger partial charge is 0.458 e. The summed E-state index contributed by atoms with van der Waals surface area (Å²) >= 11 is 0. The molecule has 1 amide bonds. The average Bonchev–Trinajstić information content (AvgIpc) is 3.09. The molecule has 2 bridgehead atoms. The van der Waals surface area contributed by atoms with Crippen LogP contribution in [0.25, 0.3) is 0 Å². The number of aliphatic hydroxyl groups is 1. The van der Waals surface area contributed by atoms with E-state index in [1.54, 1.807) is 18.9 Å². The highest BCUT2D eigenvalue weighted by Gasteiger charge is 2.60. The van der Waals surface area contributed by atoms with E-state index in [0.717, 1.165) is 5.71 Å². The number of nitrogens with zero attached hydrogens (tertiary/aromatic N) is 3. The first kappa shape index (κ1) is 34.7. The number of aliphatic hydroxyl groups excluding tert-OH is 1. The van der Waals surface area contributed by atoms with Gasteiger partial charge < -0.3 is 33.7 Å². The molecule has 44 heavy (non-hydrogen) atoms. The van der Waals surface area contributed by atoms with Gasteiger partial charge in [-0.25, -0.2) is 4.79 Å². The summed E-state index contributed by atoms with van der Waals surface area (Å²) in [5.74, 6) is -2.66. The molecule has 13 atom stereocenters. The highest BCUT2D eigenvalue weighted by atomic mass is 16.7. The summed E-state index contributed by atoms with van der Waals surface area (Å²) in [4.78, 5) is 48.8. The molecule has 3 saturated heterocycles. The number of Topliss-reactive ketones (excluding diaryl/α,β-unsaturated/α-hetero) is 1. The van der Waals surface area contributed by atoms with Gasteiger partial charge in [0.15, 0.2) is 11.9 Å². The van der Waals surface area contributed by atoms with Gasteiger partial charge in [0, 0.05) is 49.1 Å². The number of esters is 1. The molecule has 0 aliphatic carbocycles. The van der Waals surface area contributed by atoms with E-state index in [1.165, 1.54) is 0 Å². The number of carbonyl (C=O) groups excluding carboxylic acids is 3. The zero-order valence-electron chi connectivity index (χ0n) is 28.0. The number of hydrogen-bond acceptors (Lipinski definition) is 11. The molecule has 0 radical (unpaired) electrons. The predicted octanol–water partition coefficient (Wildman–Crippen LogP) is 2.69. The Hall–Kier alpha value is -2.12. The minimum Gasteiger partial charge on any atom is -0.458 e. The van der Waals surface area contributed by atoms with E-state index >= 15 is 0 Å². The molecule has 0 spiro atoms. The molecule has 1 unspecified atom stereocenters. The maximum Gasteiger partial charge on any atom is 0.410 e. The Morgan fingerprint density at radius 1 is 1.07 bits per heavy atom. The van der Waals surface area contributed by atoms with Gasteiger partial charge in [0.25, 0.3) is 0 Å². The first-order valence-corrected chi connectivity index (χ1v) is 16.1. The van der Waals surface area contributed by atoms with Crippen molar-refractivity contribution in [3.05, 3.63) is 0 Å². The second kappa shape index (κ2) is 13.7. The lowest BCUT2D eigenvalue weighted by Gasteiger charge is -2.45. The van der Waals surface area contributed by atoms with Crippen molar-refractivity contribution in [3.8, 4) is 0 Å². The van der Waals surface area contributed by atoms with Crippen molar-refractivity contribution in [2.24, 2.45) is 28.7 Å². The average molecular weight is 624 g/mol. The number of methoxy groups -OCH3 is 1. The summed E-state index contributed by atoms with van der Waals surface area (Å²) in [6, 6.07) is -0.638. The van der Waals surface area contributed by atoms with Crippen molar-refractivity contribution < 1.29 is 43.2 Å². The third-order valence-electron chi connectivity index (χ3n) is 10.5. The zero-order valence-corrected chi connectivity index (χ0v) is 28.0. The van der Waals surface area contributed by atoms with Crippen LogP contribution in [-0.4, -0.2) is 127 Å². The summed E-state index contributed by atoms with van der Waals surface area (Å²) in [6.45, 7) is 14.2. The highest BCUT2D eigenvalue weighted by molar-refractivity contribution is 5.97. The molecule has 4 heterocycles. The highest BCUT2D eigenvalue weighted by Crippen LogP contribution is 2.43. The van der Waals surface area contributed by atoms with Gasteiger partial charge in [0.2, 0.25) is 0 Å². The molecule has 0 aromatic carbocycles. The minimum atomic E-state index is -1.14. The maximum atomic E-state index is 13.7. The number of rotatable bonds is 5. The molecular weight excluding hydrogens is 570 g/mol. The lowest BCUT2D eigenvalue weighted by molar-refractivity contribution is -0.281. The van der Waals surface area contributed by atoms with Crippen LogP contribution in [0.2, 0.25) is 0 Å². The van der Waals surface area contributed by atoms with E-state index < -0.39 is 66.8 Å². The van der Waals surface area contributed by atoms with Crippen LogP contribution in [0.4, 0.5) is 4.79 Å². The molecular formula is C32H53N3O9. The lowest BCUT2D eigenvalue weighted by atomic mass is 9.73. The second-order valence-electron chi connectivity index (χ2n) is 13.6. The minimum absolute atomic E-state index is 0.177. The van der Waals surface area contributed by atoms with Gasteiger partial charge in [-0.15, -0.1) is 0 Å². The number of carbonyl (C=O) groups is 3. The Morgan fingerprint density at radius 2 is 1.75 bits per heavy atom. The number of aliphatic imine (C=N–C) groups is 1. The van der Waals surface area contributed by atoms with Crippen LogP contribution in [0.5, 0.6) is 0 Å². The van der Waals surface area contributed by atoms with Crippen LogP contribution in [0.15, 0.2) is 4.99 Å². The number of ether oxygens (including phenoxy) is 5. The summed E-state index contributed by atoms with van der Waals surface area (Å²) < 4.78 is 30.8. The Bertz CT molecular complexity index is 1100. The van der Waals surface area contributed by atoms with E-state index in [-0.39, 0.29) is 35.7 Å². The van der Waals surface area contributed by atoms with Crippen molar-refractivity contribution in [1.29, 1.82) is 0 Å². The Kier molecular flexibility index (Phi) is 10.8. The van der Waals surface area contributed by atoms with Crippen molar-refractivity contribution >= 4 is 23.6 Å². The van der Waals surface area contributed by atoms with Crippen LogP contribution in [-0.2, 0) is 33.3 Å². The van der Waals surface area contributed by atoms with Crippen LogP contribution >= 0.6 is 0 Å². The normalized spacial score (nSPS) is 44.0. The van der Waals surface area contributed by atoms with Gasteiger partial charge in [-0.3, -0.25) is 19.5 Å². The van der Waals surface area contributed by atoms with E-state index in [0.29, 0.717) is 25.9 Å². The Labute approximate surface area is 261 Å². The van der Waals surface area contributed by atoms with Crippen LogP contribution < -0.4 is 0 Å². The van der Waals surface area contributed by atoms with Crippen LogP contribution in [0.3, 0.4) is 0 Å². The lowest BCUT2D eigenvalue weighted by Crippen LogP contribution is -2.58. The topological polar surface area (TPSA) is 136 Å². The van der Waals surface area contributed by atoms with Gasteiger partial charge in [-0.05, 0) is 40.8 Å². The van der Waals surface area contributed by atoms with Gasteiger partial charge >= 0.3 is 12.1 Å². The molecule has 1 N–H and O–H groups in total. The summed E-state index contributed by atoms with van der Waals surface area (Å²) in [5.41, 5.74) is -0.273. The van der Waals surface area contributed by atoms with Crippen molar-refractivity contribution in [3.63, 3.8) is 0 Å². The van der Waals surface area contributed by atoms with Crippen molar-refractivity contribution in [1.82, 2.24) is 9.80 Å².